The average molecular weight is 284 g/mol. The summed E-state index contributed by atoms with van der Waals surface area (Å²) < 4.78 is 27.0. The number of carbonyl (C=O) groups excluding carboxylic acids is 1. The molecule has 1 fully saturated rings. The third-order valence-corrected chi connectivity index (χ3v) is 3.32. The van der Waals surface area contributed by atoms with Gasteiger partial charge in [0.15, 0.2) is 0 Å². The zero-order valence-electron chi connectivity index (χ0n) is 10.3. The molecule has 0 N–H and O–H groups in total. The van der Waals surface area contributed by atoms with Gasteiger partial charge in [0.2, 0.25) is 9.05 Å². The van der Waals surface area contributed by atoms with E-state index in [1.54, 1.807) is 20.8 Å². The lowest BCUT2D eigenvalue weighted by Crippen LogP contribution is -2.40. The lowest BCUT2D eigenvalue weighted by atomic mass is 10.2. The summed E-state index contributed by atoms with van der Waals surface area (Å²) in [5.74, 6) is -0.246. The van der Waals surface area contributed by atoms with Crippen molar-refractivity contribution >= 4 is 25.8 Å². The molecule has 1 aliphatic carbocycles. The lowest BCUT2D eigenvalue weighted by molar-refractivity contribution is 0.0246. The van der Waals surface area contributed by atoms with Crippen LogP contribution >= 0.6 is 10.7 Å². The van der Waals surface area contributed by atoms with E-state index in [2.05, 4.69) is 0 Å². The van der Waals surface area contributed by atoms with Gasteiger partial charge in [0.1, 0.15) is 5.60 Å². The van der Waals surface area contributed by atoms with E-state index in [4.69, 9.17) is 15.4 Å². The normalized spacial score (nSPS) is 16.7. The number of ether oxygens (including phenoxy) is 1. The number of amides is 1. The Morgan fingerprint density at radius 2 is 1.94 bits per heavy atom. The summed E-state index contributed by atoms with van der Waals surface area (Å²) in [6.07, 6.45) is 1.31. The summed E-state index contributed by atoms with van der Waals surface area (Å²) in [4.78, 5) is 13.3. The standard InChI is InChI=1S/C10H18ClNO4S/c1-10(2,3)16-9(13)12(8-4-5-8)6-7-17(11,14)15/h8H,4-7H2,1-3H3. The SMILES string of the molecule is CC(C)(C)OC(=O)N(CCS(=O)(=O)Cl)C1CC1. The van der Waals surface area contributed by atoms with Gasteiger partial charge in [0, 0.05) is 23.3 Å². The van der Waals surface area contributed by atoms with Crippen LogP contribution in [0.15, 0.2) is 0 Å². The number of halogens is 1. The van der Waals surface area contributed by atoms with Crippen molar-refractivity contribution in [2.24, 2.45) is 0 Å². The fraction of sp³-hybridized carbons (Fsp3) is 0.900. The molecule has 1 rings (SSSR count). The summed E-state index contributed by atoms with van der Waals surface area (Å²) in [6, 6.07) is 0.100. The molecular formula is C10H18ClNO4S. The topological polar surface area (TPSA) is 63.7 Å². The fourth-order valence-corrected chi connectivity index (χ4v) is 1.96. The van der Waals surface area contributed by atoms with Crippen LogP contribution in [0.25, 0.3) is 0 Å². The van der Waals surface area contributed by atoms with Crippen LogP contribution in [0.2, 0.25) is 0 Å². The zero-order valence-corrected chi connectivity index (χ0v) is 11.8. The van der Waals surface area contributed by atoms with E-state index in [1.165, 1.54) is 4.90 Å². The van der Waals surface area contributed by atoms with Gasteiger partial charge < -0.3 is 9.64 Å². The van der Waals surface area contributed by atoms with E-state index in [0.717, 1.165) is 12.8 Å². The maximum Gasteiger partial charge on any atom is 0.410 e. The Hall–Kier alpha value is -0.490. The molecule has 1 amide bonds. The van der Waals surface area contributed by atoms with Gasteiger partial charge in [-0.15, -0.1) is 0 Å². The van der Waals surface area contributed by atoms with Gasteiger partial charge in [0.05, 0.1) is 5.75 Å². The van der Waals surface area contributed by atoms with Gasteiger partial charge in [-0.25, -0.2) is 13.2 Å². The molecule has 0 aromatic carbocycles. The van der Waals surface area contributed by atoms with Gasteiger partial charge in [0.25, 0.3) is 0 Å². The summed E-state index contributed by atoms with van der Waals surface area (Å²) in [6.45, 7) is 5.40. The molecule has 0 aromatic rings. The molecular weight excluding hydrogens is 266 g/mol. The molecule has 0 aromatic heterocycles. The zero-order chi connectivity index (χ0) is 13.3. The Balaban J connectivity index is 2.57. The first kappa shape index (κ1) is 14.6. The maximum atomic E-state index is 11.8. The van der Waals surface area contributed by atoms with Crippen LogP contribution in [0.3, 0.4) is 0 Å². The Morgan fingerprint density at radius 3 is 2.29 bits per heavy atom. The van der Waals surface area contributed by atoms with E-state index < -0.39 is 20.7 Å². The van der Waals surface area contributed by atoms with Crippen LogP contribution < -0.4 is 0 Å². The maximum absolute atomic E-state index is 11.8. The fourth-order valence-electron chi connectivity index (χ4n) is 1.34. The quantitative estimate of drug-likeness (QED) is 0.740. The minimum atomic E-state index is -3.58. The lowest BCUT2D eigenvalue weighted by Gasteiger charge is -2.27. The molecule has 0 heterocycles. The predicted octanol–water partition coefficient (Wildman–Crippen LogP) is 1.95. The molecule has 0 spiro atoms. The molecule has 1 saturated carbocycles. The number of nitrogens with zero attached hydrogens (tertiary/aromatic N) is 1. The first-order valence-corrected chi connectivity index (χ1v) is 7.98. The first-order valence-electron chi connectivity index (χ1n) is 5.50. The third-order valence-electron chi connectivity index (χ3n) is 2.19. The second-order valence-electron chi connectivity index (χ2n) is 5.15. The van der Waals surface area contributed by atoms with Crippen LogP contribution in [0.5, 0.6) is 0 Å². The third kappa shape index (κ3) is 6.12. The van der Waals surface area contributed by atoms with Crippen molar-refractivity contribution in [2.45, 2.75) is 45.3 Å². The highest BCUT2D eigenvalue weighted by Gasteiger charge is 2.35. The van der Waals surface area contributed by atoms with Crippen molar-refractivity contribution in [1.82, 2.24) is 4.90 Å². The van der Waals surface area contributed by atoms with E-state index in [9.17, 15) is 13.2 Å². The monoisotopic (exact) mass is 283 g/mol. The Kier molecular flexibility index (Phi) is 4.30. The Morgan fingerprint density at radius 1 is 1.41 bits per heavy atom. The molecule has 100 valence electrons. The number of carbonyl (C=O) groups is 1. The summed E-state index contributed by atoms with van der Waals surface area (Å²) in [7, 11) is 1.55. The molecule has 0 atom stereocenters. The summed E-state index contributed by atoms with van der Waals surface area (Å²) >= 11 is 0. The number of hydrogen-bond donors (Lipinski definition) is 0. The van der Waals surface area contributed by atoms with Gasteiger partial charge in [-0.1, -0.05) is 0 Å². The number of hydrogen-bond acceptors (Lipinski definition) is 4. The van der Waals surface area contributed by atoms with E-state index in [1.807, 2.05) is 0 Å². The molecule has 1 aliphatic rings. The largest absolute Gasteiger partial charge is 0.444 e. The van der Waals surface area contributed by atoms with E-state index in [0.29, 0.717) is 0 Å². The Bertz CT molecular complexity index is 384. The van der Waals surface area contributed by atoms with Crippen molar-refractivity contribution in [2.75, 3.05) is 12.3 Å². The molecule has 17 heavy (non-hydrogen) atoms. The molecule has 0 saturated heterocycles. The highest BCUT2D eigenvalue weighted by Crippen LogP contribution is 2.28. The van der Waals surface area contributed by atoms with Crippen molar-refractivity contribution < 1.29 is 17.9 Å². The highest BCUT2D eigenvalue weighted by molar-refractivity contribution is 8.13. The second-order valence-corrected chi connectivity index (χ2v) is 8.04. The number of rotatable bonds is 4. The second kappa shape index (κ2) is 5.02. The predicted molar refractivity (Wildman–Crippen MR) is 65.6 cm³/mol. The van der Waals surface area contributed by atoms with Crippen molar-refractivity contribution in [3.63, 3.8) is 0 Å². The van der Waals surface area contributed by atoms with E-state index >= 15 is 0 Å². The van der Waals surface area contributed by atoms with Crippen LogP contribution in [0, 0.1) is 0 Å². The molecule has 5 nitrogen and oxygen atoms in total. The van der Waals surface area contributed by atoms with Crippen LogP contribution in [0.1, 0.15) is 33.6 Å². The minimum absolute atomic E-state index is 0.0887. The smallest absolute Gasteiger partial charge is 0.410 e. The summed E-state index contributed by atoms with van der Waals surface area (Å²) in [5.41, 5.74) is -0.579. The summed E-state index contributed by atoms with van der Waals surface area (Å²) in [5, 5.41) is 0. The first-order chi connectivity index (χ1) is 7.58. The van der Waals surface area contributed by atoms with Crippen molar-refractivity contribution in [1.29, 1.82) is 0 Å². The van der Waals surface area contributed by atoms with E-state index in [-0.39, 0.29) is 18.3 Å². The molecule has 0 aliphatic heterocycles. The van der Waals surface area contributed by atoms with Crippen LogP contribution in [-0.2, 0) is 13.8 Å². The Labute approximate surface area is 106 Å². The van der Waals surface area contributed by atoms with Gasteiger partial charge >= 0.3 is 6.09 Å². The highest BCUT2D eigenvalue weighted by atomic mass is 35.7. The molecule has 0 bridgehead atoms. The van der Waals surface area contributed by atoms with Crippen molar-refractivity contribution in [3.05, 3.63) is 0 Å². The van der Waals surface area contributed by atoms with Gasteiger partial charge in [-0.05, 0) is 33.6 Å². The van der Waals surface area contributed by atoms with Gasteiger partial charge in [-0.3, -0.25) is 0 Å². The van der Waals surface area contributed by atoms with Crippen molar-refractivity contribution in [3.8, 4) is 0 Å². The average Bonchev–Trinajstić information content (AvgIpc) is 2.82. The molecule has 7 heteroatoms. The van der Waals surface area contributed by atoms with Gasteiger partial charge in [-0.2, -0.15) is 0 Å². The molecule has 0 unspecified atom stereocenters. The van der Waals surface area contributed by atoms with Crippen LogP contribution in [0.4, 0.5) is 4.79 Å². The minimum Gasteiger partial charge on any atom is -0.444 e. The molecule has 0 radical (unpaired) electrons. The van der Waals surface area contributed by atoms with Crippen LogP contribution in [-0.4, -0.2) is 43.4 Å².